The van der Waals surface area contributed by atoms with E-state index in [4.69, 9.17) is 10.6 Å². The summed E-state index contributed by atoms with van der Waals surface area (Å²) in [6, 6.07) is 11.6. The highest BCUT2D eigenvalue weighted by molar-refractivity contribution is 7.98. The number of halogens is 1. The highest BCUT2D eigenvalue weighted by atomic mass is 32.2. The van der Waals surface area contributed by atoms with Gasteiger partial charge in [-0.2, -0.15) is 0 Å². The standard InChI is InChI=1S/C17H15FN6OS/c18-12-4-6-14(7-5-12)25-10-16-21-22-17(24(16)19)26-11-13-9-23-8-2-1-3-15(23)20-13/h1-9H,10-11,19H2. The number of ether oxygens (including phenoxy) is 1. The average Bonchev–Trinajstić information content (AvgIpc) is 3.22. The normalized spacial score (nSPS) is 11.1. The first-order chi connectivity index (χ1) is 12.7. The van der Waals surface area contributed by atoms with Gasteiger partial charge in [0.15, 0.2) is 5.82 Å². The van der Waals surface area contributed by atoms with Crippen LogP contribution in [-0.2, 0) is 12.4 Å². The van der Waals surface area contributed by atoms with Crippen LogP contribution in [0.2, 0.25) is 0 Å². The van der Waals surface area contributed by atoms with Crippen LogP contribution in [0.4, 0.5) is 4.39 Å². The number of benzene rings is 1. The lowest BCUT2D eigenvalue weighted by molar-refractivity contribution is 0.291. The minimum atomic E-state index is -0.315. The molecule has 0 amide bonds. The Bertz CT molecular complexity index is 996. The van der Waals surface area contributed by atoms with Crippen molar-refractivity contribution in [2.75, 3.05) is 5.84 Å². The summed E-state index contributed by atoms with van der Waals surface area (Å²) >= 11 is 1.44. The molecular weight excluding hydrogens is 355 g/mol. The number of nitrogens with two attached hydrogens (primary N) is 1. The summed E-state index contributed by atoms with van der Waals surface area (Å²) in [6.45, 7) is 0.143. The molecule has 9 heteroatoms. The lowest BCUT2D eigenvalue weighted by Gasteiger charge is -2.06. The van der Waals surface area contributed by atoms with E-state index >= 15 is 0 Å². The van der Waals surface area contributed by atoms with Crippen LogP contribution in [0.15, 0.2) is 60.0 Å². The highest BCUT2D eigenvalue weighted by Gasteiger charge is 2.12. The van der Waals surface area contributed by atoms with E-state index in [1.807, 2.05) is 35.0 Å². The fraction of sp³-hybridized carbons (Fsp3) is 0.118. The Balaban J connectivity index is 1.39. The summed E-state index contributed by atoms with van der Waals surface area (Å²) in [4.78, 5) is 4.54. The molecule has 0 aliphatic heterocycles. The maximum absolute atomic E-state index is 12.9. The first kappa shape index (κ1) is 16.4. The van der Waals surface area contributed by atoms with Crippen molar-refractivity contribution in [3.8, 4) is 5.75 Å². The van der Waals surface area contributed by atoms with Crippen LogP contribution in [0.5, 0.6) is 5.75 Å². The summed E-state index contributed by atoms with van der Waals surface area (Å²) in [7, 11) is 0. The monoisotopic (exact) mass is 370 g/mol. The van der Waals surface area contributed by atoms with Gasteiger partial charge in [0.05, 0.1) is 5.69 Å². The highest BCUT2D eigenvalue weighted by Crippen LogP contribution is 2.21. The van der Waals surface area contributed by atoms with Crippen molar-refractivity contribution in [2.24, 2.45) is 0 Å². The van der Waals surface area contributed by atoms with E-state index in [0.717, 1.165) is 11.3 Å². The number of nitrogen functional groups attached to an aromatic ring is 1. The molecule has 0 saturated carbocycles. The largest absolute Gasteiger partial charge is 0.486 e. The number of pyridine rings is 1. The number of thioether (sulfide) groups is 1. The van der Waals surface area contributed by atoms with Crippen LogP contribution in [0.3, 0.4) is 0 Å². The summed E-state index contributed by atoms with van der Waals surface area (Å²) in [5, 5.41) is 8.70. The third-order valence-electron chi connectivity index (χ3n) is 3.68. The molecule has 3 heterocycles. The van der Waals surface area contributed by atoms with Crippen molar-refractivity contribution < 1.29 is 9.13 Å². The zero-order chi connectivity index (χ0) is 17.9. The Morgan fingerprint density at radius 2 is 1.96 bits per heavy atom. The second-order valence-corrected chi connectivity index (χ2v) is 6.44. The fourth-order valence-electron chi connectivity index (χ4n) is 2.38. The Labute approximate surface area is 152 Å². The summed E-state index contributed by atoms with van der Waals surface area (Å²) in [5.41, 5.74) is 1.82. The molecule has 2 N–H and O–H groups in total. The molecule has 4 aromatic rings. The van der Waals surface area contributed by atoms with Gasteiger partial charge < -0.3 is 15.0 Å². The molecule has 0 aliphatic rings. The van der Waals surface area contributed by atoms with Crippen LogP contribution in [-0.4, -0.2) is 24.3 Å². The van der Waals surface area contributed by atoms with Gasteiger partial charge in [0.25, 0.3) is 0 Å². The van der Waals surface area contributed by atoms with E-state index in [1.165, 1.54) is 28.6 Å². The third kappa shape index (κ3) is 3.47. The molecule has 0 radical (unpaired) electrons. The van der Waals surface area contributed by atoms with Crippen LogP contribution >= 0.6 is 11.8 Å². The molecule has 7 nitrogen and oxygen atoms in total. The van der Waals surface area contributed by atoms with Gasteiger partial charge in [-0.1, -0.05) is 17.8 Å². The Hall–Kier alpha value is -3.07. The predicted molar refractivity (Wildman–Crippen MR) is 95.7 cm³/mol. The maximum atomic E-state index is 12.9. The summed E-state index contributed by atoms with van der Waals surface area (Å²) in [6.07, 6.45) is 3.92. The van der Waals surface area contributed by atoms with E-state index in [1.54, 1.807) is 12.1 Å². The van der Waals surface area contributed by atoms with Crippen molar-refractivity contribution in [2.45, 2.75) is 17.5 Å². The number of hydrogen-bond donors (Lipinski definition) is 1. The molecule has 0 saturated heterocycles. The molecule has 4 rings (SSSR count). The summed E-state index contributed by atoms with van der Waals surface area (Å²) in [5.74, 6) is 7.36. The smallest absolute Gasteiger partial charge is 0.210 e. The van der Waals surface area contributed by atoms with E-state index in [2.05, 4.69) is 15.2 Å². The van der Waals surface area contributed by atoms with Crippen molar-refractivity contribution in [1.82, 2.24) is 24.3 Å². The van der Waals surface area contributed by atoms with Crippen LogP contribution < -0.4 is 10.6 Å². The molecule has 0 atom stereocenters. The van der Waals surface area contributed by atoms with Gasteiger partial charge in [0, 0.05) is 18.1 Å². The van der Waals surface area contributed by atoms with Gasteiger partial charge in [-0.3, -0.25) is 0 Å². The molecule has 26 heavy (non-hydrogen) atoms. The van der Waals surface area contributed by atoms with Crippen LogP contribution in [0.25, 0.3) is 5.65 Å². The quantitative estimate of drug-likeness (QED) is 0.415. The predicted octanol–water partition coefficient (Wildman–Crippen LogP) is 2.65. The molecule has 0 fully saturated rings. The zero-order valence-corrected chi connectivity index (χ0v) is 14.4. The van der Waals surface area contributed by atoms with Gasteiger partial charge in [0.1, 0.15) is 23.8 Å². The molecule has 0 bridgehead atoms. The Morgan fingerprint density at radius 3 is 2.77 bits per heavy atom. The number of aromatic nitrogens is 5. The van der Waals surface area contributed by atoms with Crippen molar-refractivity contribution in [3.05, 3.63) is 72.2 Å². The molecule has 0 spiro atoms. The van der Waals surface area contributed by atoms with Gasteiger partial charge in [-0.05, 0) is 36.4 Å². The lowest BCUT2D eigenvalue weighted by atomic mass is 10.3. The number of nitrogens with zero attached hydrogens (tertiary/aromatic N) is 5. The second kappa shape index (κ2) is 7.04. The minimum absolute atomic E-state index is 0.143. The molecule has 1 aromatic carbocycles. The van der Waals surface area contributed by atoms with E-state index in [-0.39, 0.29) is 12.4 Å². The zero-order valence-electron chi connectivity index (χ0n) is 13.6. The molecule has 132 valence electrons. The number of hydrogen-bond acceptors (Lipinski definition) is 6. The minimum Gasteiger partial charge on any atom is -0.486 e. The lowest BCUT2D eigenvalue weighted by Crippen LogP contribution is -2.15. The van der Waals surface area contributed by atoms with Gasteiger partial charge in [-0.25, -0.2) is 14.1 Å². The maximum Gasteiger partial charge on any atom is 0.210 e. The Morgan fingerprint density at radius 1 is 1.12 bits per heavy atom. The van der Waals surface area contributed by atoms with Gasteiger partial charge in [-0.15, -0.1) is 10.2 Å². The van der Waals surface area contributed by atoms with Crippen LogP contribution in [0, 0.1) is 5.82 Å². The number of fused-ring (bicyclic) bond motifs is 1. The topological polar surface area (TPSA) is 83.3 Å². The second-order valence-electron chi connectivity index (χ2n) is 5.50. The number of rotatable bonds is 6. The molecular formula is C17H15FN6OS. The van der Waals surface area contributed by atoms with Crippen molar-refractivity contribution in [3.63, 3.8) is 0 Å². The molecule has 0 aliphatic carbocycles. The fourth-order valence-corrected chi connectivity index (χ4v) is 3.14. The third-order valence-corrected chi connectivity index (χ3v) is 4.66. The van der Waals surface area contributed by atoms with Gasteiger partial charge in [0.2, 0.25) is 5.16 Å². The SMILES string of the molecule is Nn1c(COc2ccc(F)cc2)nnc1SCc1cn2ccccc2n1. The van der Waals surface area contributed by atoms with Crippen molar-refractivity contribution >= 4 is 17.4 Å². The van der Waals surface area contributed by atoms with Crippen molar-refractivity contribution in [1.29, 1.82) is 0 Å². The molecule has 3 aromatic heterocycles. The van der Waals surface area contributed by atoms with Crippen LogP contribution in [0.1, 0.15) is 11.5 Å². The first-order valence-electron chi connectivity index (χ1n) is 7.82. The average molecular weight is 370 g/mol. The molecule has 0 unspecified atom stereocenters. The summed E-state index contributed by atoms with van der Waals surface area (Å²) < 4.78 is 21.8. The van der Waals surface area contributed by atoms with E-state index < -0.39 is 0 Å². The number of imidazole rings is 1. The van der Waals surface area contributed by atoms with E-state index in [9.17, 15) is 4.39 Å². The van der Waals surface area contributed by atoms with E-state index in [0.29, 0.717) is 22.5 Å². The first-order valence-corrected chi connectivity index (χ1v) is 8.81. The van der Waals surface area contributed by atoms with Gasteiger partial charge >= 0.3 is 0 Å². The Kier molecular flexibility index (Phi) is 4.44.